The van der Waals surface area contributed by atoms with E-state index in [2.05, 4.69) is 15.0 Å². The van der Waals surface area contributed by atoms with Gasteiger partial charge in [-0.15, -0.1) is 11.3 Å². The number of hydrogen-bond donors (Lipinski definition) is 1. The number of aromatic carboxylic acids is 1. The number of pyridine rings is 2. The average molecular weight is 297 g/mol. The van der Waals surface area contributed by atoms with E-state index in [0.717, 1.165) is 11.1 Å². The highest BCUT2D eigenvalue weighted by molar-refractivity contribution is 7.13. The number of thiazole rings is 1. The quantitative estimate of drug-likeness (QED) is 0.803. The van der Waals surface area contributed by atoms with Gasteiger partial charge in [0.2, 0.25) is 0 Å². The largest absolute Gasteiger partial charge is 0.478 e. The number of hydrogen-bond acceptors (Lipinski definition) is 5. The molecule has 0 aliphatic carbocycles. The van der Waals surface area contributed by atoms with Crippen LogP contribution in [0.5, 0.6) is 0 Å². The van der Waals surface area contributed by atoms with Crippen molar-refractivity contribution in [2.45, 2.75) is 6.92 Å². The summed E-state index contributed by atoms with van der Waals surface area (Å²) >= 11 is 1.38. The minimum Gasteiger partial charge on any atom is -0.478 e. The highest BCUT2D eigenvalue weighted by Crippen LogP contribution is 2.28. The molecule has 0 radical (unpaired) electrons. The summed E-state index contributed by atoms with van der Waals surface area (Å²) in [5.74, 6) is -0.996. The minimum atomic E-state index is -0.996. The van der Waals surface area contributed by atoms with E-state index in [-0.39, 0.29) is 5.56 Å². The van der Waals surface area contributed by atoms with Gasteiger partial charge in [-0.05, 0) is 24.6 Å². The molecule has 0 amide bonds. The van der Waals surface area contributed by atoms with E-state index in [1.807, 2.05) is 13.0 Å². The number of nitrogens with zero attached hydrogens (tertiary/aromatic N) is 3. The minimum absolute atomic E-state index is 0.191. The zero-order valence-electron chi connectivity index (χ0n) is 11.1. The van der Waals surface area contributed by atoms with Crippen molar-refractivity contribution in [2.75, 3.05) is 0 Å². The second kappa shape index (κ2) is 5.41. The Morgan fingerprint density at radius 1 is 1.19 bits per heavy atom. The van der Waals surface area contributed by atoms with Gasteiger partial charge in [0.15, 0.2) is 0 Å². The standard InChI is InChI=1S/C15H11N3O2S/c1-9-4-10(7-16-6-9)13-5-11(15(19)20)12(8-18-13)14-17-2-3-21-14/h2-8H,1H3,(H,19,20). The van der Waals surface area contributed by atoms with E-state index < -0.39 is 5.97 Å². The van der Waals surface area contributed by atoms with Gasteiger partial charge in [0.05, 0.1) is 11.3 Å². The van der Waals surface area contributed by atoms with Gasteiger partial charge in [-0.25, -0.2) is 9.78 Å². The summed E-state index contributed by atoms with van der Waals surface area (Å²) in [6.45, 7) is 1.93. The molecular weight excluding hydrogens is 286 g/mol. The van der Waals surface area contributed by atoms with Crippen LogP contribution in [0.3, 0.4) is 0 Å². The number of carboxylic acid groups (broad SMARTS) is 1. The molecule has 0 aliphatic rings. The average Bonchev–Trinajstić information content (AvgIpc) is 3.00. The third-order valence-corrected chi connectivity index (χ3v) is 3.77. The second-order valence-electron chi connectivity index (χ2n) is 4.51. The molecule has 0 spiro atoms. The molecule has 1 N–H and O–H groups in total. The van der Waals surface area contributed by atoms with Gasteiger partial charge >= 0.3 is 5.97 Å². The molecule has 3 rings (SSSR count). The maximum absolute atomic E-state index is 11.5. The normalized spacial score (nSPS) is 10.5. The monoisotopic (exact) mass is 297 g/mol. The van der Waals surface area contributed by atoms with E-state index in [0.29, 0.717) is 16.3 Å². The Balaban J connectivity index is 2.14. The molecule has 0 fully saturated rings. The van der Waals surface area contributed by atoms with E-state index in [9.17, 15) is 9.90 Å². The molecule has 104 valence electrons. The first-order valence-corrected chi connectivity index (χ1v) is 7.08. The molecule has 3 heterocycles. The van der Waals surface area contributed by atoms with Crippen molar-refractivity contribution < 1.29 is 9.90 Å². The van der Waals surface area contributed by atoms with Crippen LogP contribution in [0, 0.1) is 6.92 Å². The van der Waals surface area contributed by atoms with Crippen LogP contribution in [-0.2, 0) is 0 Å². The van der Waals surface area contributed by atoms with Gasteiger partial charge in [0, 0.05) is 41.3 Å². The van der Waals surface area contributed by atoms with E-state index in [4.69, 9.17) is 0 Å². The SMILES string of the molecule is Cc1cncc(-c2cc(C(=O)O)c(-c3nccs3)cn2)c1. The van der Waals surface area contributed by atoms with E-state index >= 15 is 0 Å². The lowest BCUT2D eigenvalue weighted by atomic mass is 10.1. The van der Waals surface area contributed by atoms with Crippen molar-refractivity contribution in [1.29, 1.82) is 0 Å². The lowest BCUT2D eigenvalue weighted by Crippen LogP contribution is -2.01. The van der Waals surface area contributed by atoms with E-state index in [1.165, 1.54) is 11.3 Å². The van der Waals surface area contributed by atoms with Gasteiger partial charge in [0.25, 0.3) is 0 Å². The van der Waals surface area contributed by atoms with Crippen LogP contribution in [-0.4, -0.2) is 26.0 Å². The van der Waals surface area contributed by atoms with Crippen LogP contribution in [0.2, 0.25) is 0 Å². The molecule has 0 bridgehead atoms. The lowest BCUT2D eigenvalue weighted by Gasteiger charge is -2.06. The summed E-state index contributed by atoms with van der Waals surface area (Å²) < 4.78 is 0. The predicted octanol–water partition coefficient (Wildman–Crippen LogP) is 3.27. The zero-order valence-corrected chi connectivity index (χ0v) is 12.0. The van der Waals surface area contributed by atoms with Gasteiger partial charge in [-0.1, -0.05) is 0 Å². The molecule has 5 nitrogen and oxygen atoms in total. The Labute approximate surface area is 125 Å². The van der Waals surface area contributed by atoms with Gasteiger partial charge in [0.1, 0.15) is 5.01 Å². The third kappa shape index (κ3) is 2.66. The maximum atomic E-state index is 11.5. The first-order valence-electron chi connectivity index (χ1n) is 6.20. The van der Waals surface area contributed by atoms with Crippen LogP contribution in [0.4, 0.5) is 0 Å². The number of carboxylic acids is 1. The van der Waals surface area contributed by atoms with Crippen molar-refractivity contribution in [3.8, 4) is 21.8 Å². The fourth-order valence-corrected chi connectivity index (χ4v) is 2.67. The molecule has 3 aromatic rings. The van der Waals surface area contributed by atoms with Gasteiger partial charge in [-0.3, -0.25) is 9.97 Å². The zero-order chi connectivity index (χ0) is 14.8. The summed E-state index contributed by atoms with van der Waals surface area (Å²) in [5, 5.41) is 11.9. The third-order valence-electron chi connectivity index (χ3n) is 2.97. The summed E-state index contributed by atoms with van der Waals surface area (Å²) in [4.78, 5) is 24.1. The molecule has 0 aromatic carbocycles. The molecule has 6 heteroatoms. The Hall–Kier alpha value is -2.60. The molecular formula is C15H11N3O2S. The molecule has 0 saturated carbocycles. The summed E-state index contributed by atoms with van der Waals surface area (Å²) in [6.07, 6.45) is 6.61. The summed E-state index contributed by atoms with van der Waals surface area (Å²) in [7, 11) is 0. The van der Waals surface area contributed by atoms with Crippen molar-refractivity contribution in [2.24, 2.45) is 0 Å². The molecule has 0 atom stereocenters. The highest BCUT2D eigenvalue weighted by Gasteiger charge is 2.16. The second-order valence-corrected chi connectivity index (χ2v) is 5.40. The Bertz CT molecular complexity index is 800. The fraction of sp³-hybridized carbons (Fsp3) is 0.0667. The topological polar surface area (TPSA) is 76.0 Å². The number of carbonyl (C=O) groups is 1. The Morgan fingerprint density at radius 3 is 2.71 bits per heavy atom. The Morgan fingerprint density at radius 2 is 2.05 bits per heavy atom. The molecule has 0 aliphatic heterocycles. The number of rotatable bonds is 3. The lowest BCUT2D eigenvalue weighted by molar-refractivity contribution is 0.0697. The van der Waals surface area contributed by atoms with Crippen LogP contribution < -0.4 is 0 Å². The van der Waals surface area contributed by atoms with Crippen molar-refractivity contribution in [3.05, 3.63) is 53.4 Å². The molecule has 21 heavy (non-hydrogen) atoms. The van der Waals surface area contributed by atoms with Gasteiger partial charge in [-0.2, -0.15) is 0 Å². The van der Waals surface area contributed by atoms with Crippen LogP contribution >= 0.6 is 11.3 Å². The molecule has 0 unspecified atom stereocenters. The fourth-order valence-electron chi connectivity index (χ4n) is 2.01. The smallest absolute Gasteiger partial charge is 0.336 e. The number of aryl methyl sites for hydroxylation is 1. The first kappa shape index (κ1) is 13.4. The van der Waals surface area contributed by atoms with Crippen LogP contribution in [0.1, 0.15) is 15.9 Å². The van der Waals surface area contributed by atoms with Gasteiger partial charge < -0.3 is 5.11 Å². The van der Waals surface area contributed by atoms with Crippen molar-refractivity contribution >= 4 is 17.3 Å². The highest BCUT2D eigenvalue weighted by atomic mass is 32.1. The van der Waals surface area contributed by atoms with E-state index in [1.54, 1.807) is 36.2 Å². The first-order chi connectivity index (χ1) is 10.1. The number of aromatic nitrogens is 3. The van der Waals surface area contributed by atoms with Crippen LogP contribution in [0.15, 0.2) is 42.3 Å². The molecule has 3 aromatic heterocycles. The predicted molar refractivity (Wildman–Crippen MR) is 80.3 cm³/mol. The van der Waals surface area contributed by atoms with Crippen molar-refractivity contribution in [3.63, 3.8) is 0 Å². The van der Waals surface area contributed by atoms with Crippen molar-refractivity contribution in [1.82, 2.24) is 15.0 Å². The molecule has 0 saturated heterocycles. The summed E-state index contributed by atoms with van der Waals surface area (Å²) in [6, 6.07) is 3.49. The Kier molecular flexibility index (Phi) is 3.45. The summed E-state index contributed by atoms with van der Waals surface area (Å²) in [5.41, 5.74) is 3.10. The van der Waals surface area contributed by atoms with Crippen LogP contribution in [0.25, 0.3) is 21.8 Å². The maximum Gasteiger partial charge on any atom is 0.336 e.